The minimum absolute atomic E-state index is 0.190. The van der Waals surface area contributed by atoms with E-state index in [1.54, 1.807) is 64.1 Å². The summed E-state index contributed by atoms with van der Waals surface area (Å²) in [5.74, 6) is -14.0. The van der Waals surface area contributed by atoms with Crippen molar-refractivity contribution in [3.05, 3.63) is 71.8 Å². The first-order valence-corrected chi connectivity index (χ1v) is 31.5. The van der Waals surface area contributed by atoms with E-state index in [0.717, 1.165) is 33.7 Å². The average Bonchev–Trinajstić information content (AvgIpc) is 1.70. The Labute approximate surface area is 538 Å². The summed E-state index contributed by atoms with van der Waals surface area (Å²) < 4.78 is 0. The summed E-state index contributed by atoms with van der Waals surface area (Å²) in [7, 11) is 0. The summed E-state index contributed by atoms with van der Waals surface area (Å²) in [4.78, 5) is 197. The van der Waals surface area contributed by atoms with Gasteiger partial charge in [0.25, 0.3) is 11.8 Å². The van der Waals surface area contributed by atoms with Crippen LogP contribution in [0.5, 0.6) is 0 Å². The second-order valence-electron chi connectivity index (χ2n) is 23.7. The van der Waals surface area contributed by atoms with E-state index < -0.39 is 200 Å². The molecule has 2 bridgehead atoms. The van der Waals surface area contributed by atoms with E-state index >= 15 is 4.79 Å². The molecule has 502 valence electrons. The Hall–Kier alpha value is -9.27. The zero-order valence-corrected chi connectivity index (χ0v) is 52.9. The van der Waals surface area contributed by atoms with Crippen LogP contribution < -0.4 is 58.5 Å². The SMILES string of the molecule is CC[C@H](C)C1NC(=O)CNC(=O)C2Cc3c([nH]c4ccccc34)SCC(NC(=O)CNC1=O)C(=O)N[C@@H](CC(=O)NCc1ccc(NC(=O)[C@H](C)NC(=O)C(NC(=O)CCN3C(=O)C=CC3=O)C(C)C)cc1)C(=O)N1C[C@H](O)C[C@H]1C(=O)N[C@@H]([C@@H](C)[C@@H](O)CO)C(=O)N2. The number of hydrogen-bond acceptors (Lipinski definition) is 18. The fraction of sp³-hybridized carbons (Fsp3) is 0.508. The van der Waals surface area contributed by atoms with Crippen molar-refractivity contribution < 1.29 is 82.4 Å². The lowest BCUT2D eigenvalue weighted by Crippen LogP contribution is -2.62. The molecule has 0 radical (unpaired) electrons. The number of aromatic amines is 1. The topological polar surface area (TPSA) is 454 Å². The van der Waals surface area contributed by atoms with Gasteiger partial charge in [-0.1, -0.05) is 71.4 Å². The third kappa shape index (κ3) is 18.7. The molecule has 1 aromatic heterocycles. The molecule has 1 saturated heterocycles. The molecule has 0 aliphatic carbocycles. The third-order valence-corrected chi connectivity index (χ3v) is 17.6. The van der Waals surface area contributed by atoms with Crippen molar-refractivity contribution in [1.29, 1.82) is 0 Å². The molecule has 0 spiro atoms. The van der Waals surface area contributed by atoms with Crippen molar-refractivity contribution in [2.45, 2.75) is 146 Å². The van der Waals surface area contributed by atoms with Crippen molar-refractivity contribution in [2.75, 3.05) is 43.9 Å². The number of aliphatic hydroxyl groups excluding tert-OH is 3. The highest BCUT2D eigenvalue weighted by Crippen LogP contribution is 2.32. The highest BCUT2D eigenvalue weighted by atomic mass is 32.2. The number of rotatable bonds is 18. The molecule has 15 N–H and O–H groups in total. The number of thioether (sulfide) groups is 1. The lowest BCUT2D eigenvalue weighted by Gasteiger charge is -2.33. The molecule has 2 aromatic carbocycles. The van der Waals surface area contributed by atoms with Gasteiger partial charge in [-0.15, -0.1) is 11.8 Å². The first kappa shape index (κ1) is 71.2. The fourth-order valence-corrected chi connectivity index (χ4v) is 11.9. The van der Waals surface area contributed by atoms with Crippen LogP contribution >= 0.6 is 11.8 Å². The highest BCUT2D eigenvalue weighted by molar-refractivity contribution is 7.99. The average molecular weight is 1310 g/mol. The maximum absolute atomic E-state index is 15.0. The van der Waals surface area contributed by atoms with Gasteiger partial charge in [0.1, 0.15) is 48.3 Å². The van der Waals surface area contributed by atoms with Crippen molar-refractivity contribution >= 4 is 111 Å². The summed E-state index contributed by atoms with van der Waals surface area (Å²) in [6.45, 7) is 6.32. The molecule has 0 saturated carbocycles. The molecular weight excluding hydrogens is 1230 g/mol. The number of benzene rings is 2. The largest absolute Gasteiger partial charge is 0.394 e. The minimum atomic E-state index is -1.84. The number of para-hydroxylation sites is 1. The molecule has 12 atom stereocenters. The molecule has 4 unspecified atom stereocenters. The Morgan fingerprint density at radius 3 is 2.05 bits per heavy atom. The van der Waals surface area contributed by atoms with Crippen LogP contribution in [0.1, 0.15) is 78.4 Å². The van der Waals surface area contributed by atoms with E-state index in [1.807, 2.05) is 0 Å². The standard InChI is InChI=1S/C61H80N14O17S/c1-7-30(4)51-57(89)64-24-46(81)67-41-28-93-60-37(36-10-8-9-11-38(36)70-60)21-39(54(86)63-25-47(82)72-51)68-59(91)52(31(5)43(78)27-76)73-56(88)42-20-35(77)26-75(42)61(92)40(69-55(41)87)22-45(80)62-23-33-12-14-34(15-13-33)66-53(85)32(6)65-58(90)50(29(2)3)71-44(79)18-19-74-48(83)16-17-49(74)84/h8-17,29-32,35,39-43,50-52,70,76-78H,7,18-28H2,1-6H3,(H,62,80)(H,63,86)(H,64,89)(H,65,90)(H,66,85)(H,67,81)(H,68,91)(H,69,87)(H,71,79)(H,72,82)(H,73,88)/t30-,31-,32-,35+,39?,40-,41?,42-,43-,50?,51?,52-/m0/s1. The second kappa shape index (κ2) is 32.3. The predicted molar refractivity (Wildman–Crippen MR) is 333 cm³/mol. The Balaban J connectivity index is 1.14. The normalized spacial score (nSPS) is 23.7. The van der Waals surface area contributed by atoms with Gasteiger partial charge in [-0.05, 0) is 48.1 Å². The highest BCUT2D eigenvalue weighted by Gasteiger charge is 2.45. The lowest BCUT2D eigenvalue weighted by molar-refractivity contribution is -0.144. The van der Waals surface area contributed by atoms with Crippen LogP contribution in [0, 0.1) is 17.8 Å². The molecular formula is C61H80N14O17S. The van der Waals surface area contributed by atoms with Crippen molar-refractivity contribution in [3.63, 3.8) is 0 Å². The molecule has 32 heteroatoms. The number of aromatic nitrogens is 1. The number of fused-ring (bicyclic) bond motifs is 5. The number of carbonyl (C=O) groups is 14. The summed E-state index contributed by atoms with van der Waals surface area (Å²) in [5, 5.41) is 61.5. The molecule has 1 fully saturated rings. The maximum Gasteiger partial charge on any atom is 0.253 e. The first-order chi connectivity index (χ1) is 44.2. The number of imide groups is 1. The van der Waals surface area contributed by atoms with Crippen molar-refractivity contribution in [2.24, 2.45) is 17.8 Å². The summed E-state index contributed by atoms with van der Waals surface area (Å²) in [5.41, 5.74) is 1.68. The van der Waals surface area contributed by atoms with Crippen LogP contribution in [-0.2, 0) is 80.1 Å². The van der Waals surface area contributed by atoms with E-state index in [1.165, 1.54) is 26.0 Å². The van der Waals surface area contributed by atoms with Crippen LogP contribution in [0.4, 0.5) is 5.69 Å². The molecule has 93 heavy (non-hydrogen) atoms. The number of nitrogens with zero attached hydrogens (tertiary/aromatic N) is 2. The van der Waals surface area contributed by atoms with Gasteiger partial charge in [-0.3, -0.25) is 72.0 Å². The van der Waals surface area contributed by atoms with Crippen LogP contribution in [0.2, 0.25) is 0 Å². The molecule has 3 aromatic rings. The number of nitrogens with one attached hydrogen (secondary N) is 12. The number of H-pyrrole nitrogens is 1. The number of anilines is 1. The number of amides is 14. The van der Waals surface area contributed by atoms with E-state index in [2.05, 4.69) is 63.5 Å². The van der Waals surface area contributed by atoms with Crippen molar-refractivity contribution in [1.82, 2.24) is 68.0 Å². The summed E-state index contributed by atoms with van der Waals surface area (Å²) in [6, 6.07) is 1.18. The molecule has 4 aliphatic heterocycles. The van der Waals surface area contributed by atoms with Gasteiger partial charge in [0.2, 0.25) is 70.9 Å². The fourth-order valence-electron chi connectivity index (χ4n) is 10.7. The van der Waals surface area contributed by atoms with Gasteiger partial charge in [-0.25, -0.2) is 0 Å². The van der Waals surface area contributed by atoms with E-state index in [0.29, 0.717) is 33.5 Å². The van der Waals surface area contributed by atoms with Gasteiger partial charge < -0.3 is 83.7 Å². The zero-order chi connectivity index (χ0) is 68.0. The molecule has 7 rings (SSSR count). The Morgan fingerprint density at radius 1 is 0.720 bits per heavy atom. The summed E-state index contributed by atoms with van der Waals surface area (Å²) in [6.07, 6.45) is -2.30. The Kier molecular flexibility index (Phi) is 24.7. The maximum atomic E-state index is 15.0. The quantitative estimate of drug-likeness (QED) is 0.0541. The third-order valence-electron chi connectivity index (χ3n) is 16.5. The van der Waals surface area contributed by atoms with Gasteiger partial charge in [-0.2, -0.15) is 0 Å². The van der Waals surface area contributed by atoms with E-state index in [9.17, 15) is 77.6 Å². The second-order valence-corrected chi connectivity index (χ2v) is 24.7. The smallest absolute Gasteiger partial charge is 0.253 e. The Morgan fingerprint density at radius 2 is 1.39 bits per heavy atom. The van der Waals surface area contributed by atoms with Gasteiger partial charge >= 0.3 is 0 Å². The first-order valence-electron chi connectivity index (χ1n) is 30.5. The molecule has 31 nitrogen and oxygen atoms in total. The van der Waals surface area contributed by atoms with Gasteiger partial charge in [0, 0.05) is 79.3 Å². The monoisotopic (exact) mass is 1310 g/mol. The Bertz CT molecular complexity index is 3380. The number of aliphatic hydroxyl groups is 3. The predicted octanol–water partition coefficient (Wildman–Crippen LogP) is -3.91. The minimum Gasteiger partial charge on any atom is -0.394 e. The zero-order valence-electron chi connectivity index (χ0n) is 52.1. The molecule has 5 heterocycles. The van der Waals surface area contributed by atoms with Crippen LogP contribution in [0.3, 0.4) is 0 Å². The van der Waals surface area contributed by atoms with Gasteiger partial charge in [0.05, 0.1) is 43.4 Å². The van der Waals surface area contributed by atoms with Crippen LogP contribution in [0.15, 0.2) is 65.7 Å². The van der Waals surface area contributed by atoms with Crippen LogP contribution in [-0.4, -0.2) is 212 Å². The van der Waals surface area contributed by atoms with Crippen molar-refractivity contribution in [3.8, 4) is 0 Å². The van der Waals surface area contributed by atoms with Crippen LogP contribution in [0.25, 0.3) is 10.9 Å². The van der Waals surface area contributed by atoms with Gasteiger partial charge in [0.15, 0.2) is 0 Å². The lowest BCUT2D eigenvalue weighted by atomic mass is 9.93. The van der Waals surface area contributed by atoms with E-state index in [4.69, 9.17) is 0 Å². The summed E-state index contributed by atoms with van der Waals surface area (Å²) >= 11 is 0.989. The molecule has 14 amide bonds. The molecule has 4 aliphatic rings. The number of carbonyl (C=O) groups excluding carboxylic acids is 14. The number of hydrogen-bond donors (Lipinski definition) is 15. The van der Waals surface area contributed by atoms with E-state index in [-0.39, 0.29) is 37.4 Å².